The highest BCUT2D eigenvalue weighted by Gasteiger charge is 2.29. The first kappa shape index (κ1) is 15.4. The molecule has 0 saturated heterocycles. The molecule has 1 unspecified atom stereocenters. The van der Waals surface area contributed by atoms with Crippen molar-refractivity contribution >= 4 is 5.91 Å². The van der Waals surface area contributed by atoms with Gasteiger partial charge in [-0.05, 0) is 37.8 Å². The summed E-state index contributed by atoms with van der Waals surface area (Å²) in [7, 11) is 0. The standard InChI is InChI=1S/C18H24N4O2/c1-13-7-16(20-24-13)11-21-9-15(18(23)19-8-14-4-5-14)10-22-6-2-3-17(22)12-21/h2-3,6-7,14-15H,4-5,8-12H2,1H3,(H,19,23). The summed E-state index contributed by atoms with van der Waals surface area (Å²) in [4.78, 5) is 14.9. The first-order valence-electron chi connectivity index (χ1n) is 8.73. The van der Waals surface area contributed by atoms with Crippen LogP contribution in [0.1, 0.15) is 30.0 Å². The summed E-state index contributed by atoms with van der Waals surface area (Å²) in [5.41, 5.74) is 2.16. The zero-order valence-corrected chi connectivity index (χ0v) is 14.1. The van der Waals surface area contributed by atoms with Gasteiger partial charge in [-0.15, -0.1) is 0 Å². The highest BCUT2D eigenvalue weighted by atomic mass is 16.5. The van der Waals surface area contributed by atoms with Gasteiger partial charge in [0.1, 0.15) is 5.76 Å². The lowest BCUT2D eigenvalue weighted by Gasteiger charge is -2.22. The molecule has 1 N–H and O–H groups in total. The van der Waals surface area contributed by atoms with E-state index in [4.69, 9.17) is 4.52 Å². The fourth-order valence-corrected chi connectivity index (χ4v) is 3.39. The highest BCUT2D eigenvalue weighted by molar-refractivity contribution is 5.78. The Morgan fingerprint density at radius 2 is 2.29 bits per heavy atom. The fourth-order valence-electron chi connectivity index (χ4n) is 3.39. The van der Waals surface area contributed by atoms with Gasteiger partial charge in [-0.25, -0.2) is 0 Å². The predicted molar refractivity (Wildman–Crippen MR) is 89.0 cm³/mol. The Hall–Kier alpha value is -2.08. The van der Waals surface area contributed by atoms with Crippen LogP contribution < -0.4 is 5.32 Å². The number of aryl methyl sites for hydroxylation is 1. The number of hydrogen-bond acceptors (Lipinski definition) is 4. The van der Waals surface area contributed by atoms with Crippen LogP contribution in [0.25, 0.3) is 0 Å². The van der Waals surface area contributed by atoms with Gasteiger partial charge in [0, 0.05) is 50.7 Å². The number of nitrogens with zero attached hydrogens (tertiary/aromatic N) is 3. The van der Waals surface area contributed by atoms with Crippen molar-refractivity contribution in [1.29, 1.82) is 0 Å². The molecular formula is C18H24N4O2. The van der Waals surface area contributed by atoms with Crippen molar-refractivity contribution in [3.05, 3.63) is 41.5 Å². The van der Waals surface area contributed by atoms with Gasteiger partial charge in [0.05, 0.1) is 11.6 Å². The number of carbonyl (C=O) groups is 1. The fraction of sp³-hybridized carbons (Fsp3) is 0.556. The summed E-state index contributed by atoms with van der Waals surface area (Å²) in [6.45, 7) is 5.74. The van der Waals surface area contributed by atoms with Crippen molar-refractivity contribution in [3.63, 3.8) is 0 Å². The third-order valence-corrected chi connectivity index (χ3v) is 4.90. The molecule has 0 aromatic carbocycles. The van der Waals surface area contributed by atoms with Crippen molar-refractivity contribution in [3.8, 4) is 0 Å². The van der Waals surface area contributed by atoms with Crippen molar-refractivity contribution < 1.29 is 9.32 Å². The van der Waals surface area contributed by atoms with Crippen LogP contribution in [0.3, 0.4) is 0 Å². The molecule has 1 atom stereocenters. The van der Waals surface area contributed by atoms with Crippen molar-refractivity contribution in [2.24, 2.45) is 11.8 Å². The zero-order chi connectivity index (χ0) is 16.5. The molecule has 1 aliphatic heterocycles. The molecule has 1 fully saturated rings. The van der Waals surface area contributed by atoms with Crippen LogP contribution in [-0.4, -0.2) is 33.6 Å². The van der Waals surface area contributed by atoms with E-state index in [1.807, 2.05) is 13.0 Å². The van der Waals surface area contributed by atoms with E-state index in [2.05, 4.69) is 38.3 Å². The topological polar surface area (TPSA) is 63.3 Å². The molecule has 128 valence electrons. The molecule has 0 bridgehead atoms. The Labute approximate surface area is 141 Å². The molecule has 2 aromatic heterocycles. The van der Waals surface area contributed by atoms with E-state index >= 15 is 0 Å². The average Bonchev–Trinajstić information content (AvgIpc) is 3.21. The van der Waals surface area contributed by atoms with Gasteiger partial charge in [-0.3, -0.25) is 9.69 Å². The van der Waals surface area contributed by atoms with E-state index in [0.29, 0.717) is 12.5 Å². The van der Waals surface area contributed by atoms with Crippen LogP contribution in [-0.2, 0) is 24.4 Å². The number of aromatic nitrogens is 2. The molecule has 24 heavy (non-hydrogen) atoms. The second-order valence-electron chi connectivity index (χ2n) is 7.14. The molecule has 3 heterocycles. The van der Waals surface area contributed by atoms with Gasteiger partial charge in [0.2, 0.25) is 5.91 Å². The smallest absolute Gasteiger partial charge is 0.226 e. The second-order valence-corrected chi connectivity index (χ2v) is 7.14. The Kier molecular flexibility index (Phi) is 4.14. The van der Waals surface area contributed by atoms with Gasteiger partial charge in [0.15, 0.2) is 0 Å². The highest BCUT2D eigenvalue weighted by Crippen LogP contribution is 2.28. The number of rotatable bonds is 5. The summed E-state index contributed by atoms with van der Waals surface area (Å²) in [6.07, 6.45) is 4.58. The molecular weight excluding hydrogens is 304 g/mol. The summed E-state index contributed by atoms with van der Waals surface area (Å²) >= 11 is 0. The number of fused-ring (bicyclic) bond motifs is 1. The number of carbonyl (C=O) groups excluding carboxylic acids is 1. The van der Waals surface area contributed by atoms with E-state index in [9.17, 15) is 4.79 Å². The van der Waals surface area contributed by atoms with Crippen LogP contribution in [0.5, 0.6) is 0 Å². The predicted octanol–water partition coefficient (Wildman–Crippen LogP) is 1.94. The number of nitrogens with one attached hydrogen (secondary N) is 1. The Bertz CT molecular complexity index is 716. The van der Waals surface area contributed by atoms with Crippen molar-refractivity contribution in [2.75, 3.05) is 13.1 Å². The maximum absolute atomic E-state index is 12.6. The lowest BCUT2D eigenvalue weighted by atomic mass is 10.1. The van der Waals surface area contributed by atoms with Gasteiger partial charge < -0.3 is 14.4 Å². The zero-order valence-electron chi connectivity index (χ0n) is 14.1. The minimum absolute atomic E-state index is 0.0367. The first-order valence-corrected chi connectivity index (χ1v) is 8.73. The average molecular weight is 328 g/mol. The van der Waals surface area contributed by atoms with Gasteiger partial charge >= 0.3 is 0 Å². The van der Waals surface area contributed by atoms with E-state index in [1.165, 1.54) is 18.5 Å². The van der Waals surface area contributed by atoms with Crippen LogP contribution >= 0.6 is 0 Å². The van der Waals surface area contributed by atoms with Crippen molar-refractivity contribution in [2.45, 2.75) is 39.4 Å². The summed E-state index contributed by atoms with van der Waals surface area (Å²) in [5, 5.41) is 7.24. The van der Waals surface area contributed by atoms with Crippen LogP contribution in [0.15, 0.2) is 28.9 Å². The molecule has 1 aliphatic carbocycles. The maximum Gasteiger partial charge on any atom is 0.226 e. The summed E-state index contributed by atoms with van der Waals surface area (Å²) in [5.74, 6) is 1.66. The molecule has 6 heteroatoms. The van der Waals surface area contributed by atoms with Crippen LogP contribution in [0, 0.1) is 18.8 Å². The lowest BCUT2D eigenvalue weighted by molar-refractivity contribution is -0.126. The van der Waals surface area contributed by atoms with Crippen LogP contribution in [0.2, 0.25) is 0 Å². The molecule has 1 amide bonds. The van der Waals surface area contributed by atoms with E-state index < -0.39 is 0 Å². The van der Waals surface area contributed by atoms with E-state index in [-0.39, 0.29) is 11.8 Å². The molecule has 0 radical (unpaired) electrons. The second kappa shape index (κ2) is 6.43. The quantitative estimate of drug-likeness (QED) is 0.911. The molecule has 2 aliphatic rings. The molecule has 1 saturated carbocycles. The first-order chi connectivity index (χ1) is 11.7. The van der Waals surface area contributed by atoms with Crippen molar-refractivity contribution in [1.82, 2.24) is 19.9 Å². The number of hydrogen-bond donors (Lipinski definition) is 1. The van der Waals surface area contributed by atoms with Crippen LogP contribution in [0.4, 0.5) is 0 Å². The largest absolute Gasteiger partial charge is 0.361 e. The molecule has 0 spiro atoms. The van der Waals surface area contributed by atoms with E-state index in [0.717, 1.165) is 37.6 Å². The lowest BCUT2D eigenvalue weighted by Crippen LogP contribution is -2.39. The van der Waals surface area contributed by atoms with E-state index in [1.54, 1.807) is 0 Å². The monoisotopic (exact) mass is 328 g/mol. The SMILES string of the molecule is Cc1cc(CN2Cc3cccn3CC(C(=O)NCC3CC3)C2)no1. The van der Waals surface area contributed by atoms with Gasteiger partial charge in [-0.2, -0.15) is 0 Å². The normalized spacial score (nSPS) is 21.3. The molecule has 4 rings (SSSR count). The number of amides is 1. The third kappa shape index (κ3) is 3.53. The molecule has 2 aromatic rings. The van der Waals surface area contributed by atoms with Gasteiger partial charge in [0.25, 0.3) is 0 Å². The third-order valence-electron chi connectivity index (χ3n) is 4.90. The van der Waals surface area contributed by atoms with Gasteiger partial charge in [-0.1, -0.05) is 5.16 Å². The summed E-state index contributed by atoms with van der Waals surface area (Å²) < 4.78 is 7.38. The minimum Gasteiger partial charge on any atom is -0.361 e. The Balaban J connectivity index is 1.48. The summed E-state index contributed by atoms with van der Waals surface area (Å²) in [6, 6.07) is 6.15. The Morgan fingerprint density at radius 3 is 3.04 bits per heavy atom. The minimum atomic E-state index is -0.0367. The molecule has 6 nitrogen and oxygen atoms in total. The Morgan fingerprint density at radius 1 is 1.42 bits per heavy atom. The maximum atomic E-state index is 12.6.